The number of carbonyl (C=O) groups is 1. The molecule has 140 valence electrons. The van der Waals surface area contributed by atoms with Crippen LogP contribution >= 0.6 is 23.2 Å². The van der Waals surface area contributed by atoms with Gasteiger partial charge in [-0.3, -0.25) is 0 Å². The molecule has 1 N–H and O–H groups in total. The fourth-order valence-corrected chi connectivity index (χ4v) is 3.19. The first kappa shape index (κ1) is 18.3. The summed E-state index contributed by atoms with van der Waals surface area (Å²) >= 11 is 12.1. The van der Waals surface area contributed by atoms with Crippen LogP contribution in [-0.2, 0) is 0 Å². The standard InChI is InChI=1S/C20H13Cl2N3O3/c1-28-18-8-12(4-7-14(18)22)17-9-15(11-2-5-13(21)6-3-11)23-19-10-16(20(26)27)24-25(17)19/h2-10H,1H3,(H,26,27). The number of halogens is 2. The first-order valence-corrected chi connectivity index (χ1v) is 8.96. The van der Waals surface area contributed by atoms with E-state index in [0.717, 1.165) is 11.1 Å². The quantitative estimate of drug-likeness (QED) is 0.504. The lowest BCUT2D eigenvalue weighted by molar-refractivity contribution is 0.0690. The predicted octanol–water partition coefficient (Wildman–Crippen LogP) is 5.08. The Morgan fingerprint density at radius 2 is 1.75 bits per heavy atom. The number of rotatable bonds is 4. The molecule has 28 heavy (non-hydrogen) atoms. The van der Waals surface area contributed by atoms with E-state index >= 15 is 0 Å². The molecule has 2 aromatic carbocycles. The zero-order valence-corrected chi connectivity index (χ0v) is 16.1. The largest absolute Gasteiger partial charge is 0.495 e. The highest BCUT2D eigenvalue weighted by atomic mass is 35.5. The van der Waals surface area contributed by atoms with Crippen LogP contribution in [0.15, 0.2) is 54.6 Å². The molecule has 6 nitrogen and oxygen atoms in total. The van der Waals surface area contributed by atoms with E-state index in [1.54, 1.807) is 24.3 Å². The zero-order valence-electron chi connectivity index (χ0n) is 14.6. The molecule has 0 atom stereocenters. The third-order valence-corrected chi connectivity index (χ3v) is 4.80. The van der Waals surface area contributed by atoms with Crippen molar-refractivity contribution in [3.05, 3.63) is 70.3 Å². The van der Waals surface area contributed by atoms with Gasteiger partial charge in [0.15, 0.2) is 11.3 Å². The second-order valence-corrected chi connectivity index (χ2v) is 6.83. The maximum atomic E-state index is 11.4. The monoisotopic (exact) mass is 413 g/mol. The lowest BCUT2D eigenvalue weighted by atomic mass is 10.1. The molecule has 0 amide bonds. The summed E-state index contributed by atoms with van der Waals surface area (Å²) in [6.07, 6.45) is 0. The van der Waals surface area contributed by atoms with Gasteiger partial charge in [-0.1, -0.05) is 41.4 Å². The zero-order chi connectivity index (χ0) is 19.8. The van der Waals surface area contributed by atoms with Crippen LogP contribution in [0.2, 0.25) is 10.0 Å². The summed E-state index contributed by atoms with van der Waals surface area (Å²) in [7, 11) is 1.53. The van der Waals surface area contributed by atoms with E-state index in [0.29, 0.717) is 32.8 Å². The molecule has 0 fully saturated rings. The summed E-state index contributed by atoms with van der Waals surface area (Å²) in [6, 6.07) is 15.8. The molecule has 2 heterocycles. The Kier molecular flexibility index (Phi) is 4.66. The van der Waals surface area contributed by atoms with E-state index in [2.05, 4.69) is 10.1 Å². The van der Waals surface area contributed by atoms with Gasteiger partial charge in [0.25, 0.3) is 0 Å². The van der Waals surface area contributed by atoms with Gasteiger partial charge in [-0.15, -0.1) is 0 Å². The SMILES string of the molecule is COc1cc(-c2cc(-c3ccc(Cl)cc3)nc3cc(C(=O)O)nn23)ccc1Cl. The first-order chi connectivity index (χ1) is 13.5. The van der Waals surface area contributed by atoms with Crippen LogP contribution in [-0.4, -0.2) is 32.8 Å². The molecule has 0 aliphatic heterocycles. The van der Waals surface area contributed by atoms with Crippen LogP contribution in [0, 0.1) is 0 Å². The van der Waals surface area contributed by atoms with E-state index in [1.807, 2.05) is 24.3 Å². The van der Waals surface area contributed by atoms with Crippen molar-refractivity contribution in [3.63, 3.8) is 0 Å². The lowest BCUT2D eigenvalue weighted by Crippen LogP contribution is -2.01. The maximum Gasteiger partial charge on any atom is 0.356 e. The van der Waals surface area contributed by atoms with Crippen molar-refractivity contribution >= 4 is 34.8 Å². The predicted molar refractivity (Wildman–Crippen MR) is 107 cm³/mol. The average molecular weight is 414 g/mol. The van der Waals surface area contributed by atoms with Gasteiger partial charge in [0.1, 0.15) is 5.75 Å². The highest BCUT2D eigenvalue weighted by molar-refractivity contribution is 6.32. The van der Waals surface area contributed by atoms with Crippen molar-refractivity contribution < 1.29 is 14.6 Å². The van der Waals surface area contributed by atoms with Gasteiger partial charge in [-0.25, -0.2) is 14.3 Å². The molecular weight excluding hydrogens is 401 g/mol. The molecular formula is C20H13Cl2N3O3. The molecule has 0 saturated carbocycles. The molecule has 0 radical (unpaired) electrons. The normalized spacial score (nSPS) is 11.0. The Morgan fingerprint density at radius 1 is 1.04 bits per heavy atom. The van der Waals surface area contributed by atoms with Crippen LogP contribution in [0.5, 0.6) is 5.75 Å². The number of fused-ring (bicyclic) bond motifs is 1. The van der Waals surface area contributed by atoms with Crippen molar-refractivity contribution in [2.45, 2.75) is 0 Å². The van der Waals surface area contributed by atoms with Gasteiger partial charge >= 0.3 is 5.97 Å². The molecule has 0 aliphatic carbocycles. The molecule has 8 heteroatoms. The van der Waals surface area contributed by atoms with Crippen molar-refractivity contribution in [2.75, 3.05) is 7.11 Å². The molecule has 0 aliphatic rings. The Hall–Kier alpha value is -3.09. The van der Waals surface area contributed by atoms with E-state index in [9.17, 15) is 9.90 Å². The molecule has 0 spiro atoms. The van der Waals surface area contributed by atoms with Crippen LogP contribution < -0.4 is 4.74 Å². The fourth-order valence-electron chi connectivity index (χ4n) is 2.87. The minimum absolute atomic E-state index is 0.0945. The number of methoxy groups -OCH3 is 1. The number of benzene rings is 2. The average Bonchev–Trinajstić information content (AvgIpc) is 3.13. The second-order valence-electron chi connectivity index (χ2n) is 5.99. The Labute approximate surface area is 169 Å². The van der Waals surface area contributed by atoms with Gasteiger partial charge in [0, 0.05) is 22.2 Å². The summed E-state index contributed by atoms with van der Waals surface area (Å²) in [5.74, 6) is -0.624. The van der Waals surface area contributed by atoms with Crippen molar-refractivity contribution in [2.24, 2.45) is 0 Å². The molecule has 4 aromatic rings. The summed E-state index contributed by atoms with van der Waals surface area (Å²) in [5, 5.41) is 14.6. The van der Waals surface area contributed by atoms with Gasteiger partial charge in [0.2, 0.25) is 0 Å². The fraction of sp³-hybridized carbons (Fsp3) is 0.0500. The minimum atomic E-state index is -1.13. The lowest BCUT2D eigenvalue weighted by Gasteiger charge is -2.11. The number of aromatic carboxylic acids is 1. The summed E-state index contributed by atoms with van der Waals surface area (Å²) in [4.78, 5) is 16.0. The van der Waals surface area contributed by atoms with Gasteiger partial charge < -0.3 is 9.84 Å². The van der Waals surface area contributed by atoms with E-state index < -0.39 is 5.97 Å². The van der Waals surface area contributed by atoms with Crippen LogP contribution in [0.25, 0.3) is 28.2 Å². The number of carboxylic acids is 1. The first-order valence-electron chi connectivity index (χ1n) is 8.20. The number of carboxylic acid groups (broad SMARTS) is 1. The third kappa shape index (κ3) is 3.28. The van der Waals surface area contributed by atoms with Gasteiger partial charge in [0.05, 0.1) is 23.5 Å². The summed E-state index contributed by atoms with van der Waals surface area (Å²) in [6.45, 7) is 0. The number of hydrogen-bond acceptors (Lipinski definition) is 4. The molecule has 0 unspecified atom stereocenters. The number of nitrogens with zero attached hydrogens (tertiary/aromatic N) is 3. The summed E-state index contributed by atoms with van der Waals surface area (Å²) < 4.78 is 6.80. The molecule has 0 saturated heterocycles. The van der Waals surface area contributed by atoms with Gasteiger partial charge in [-0.05, 0) is 30.3 Å². The molecule has 2 aromatic heterocycles. The Morgan fingerprint density at radius 3 is 2.43 bits per heavy atom. The number of aromatic nitrogens is 3. The van der Waals surface area contributed by atoms with Crippen molar-refractivity contribution in [1.29, 1.82) is 0 Å². The van der Waals surface area contributed by atoms with E-state index in [-0.39, 0.29) is 5.69 Å². The smallest absolute Gasteiger partial charge is 0.356 e. The van der Waals surface area contributed by atoms with Crippen molar-refractivity contribution in [3.8, 4) is 28.3 Å². The highest BCUT2D eigenvalue weighted by Gasteiger charge is 2.16. The number of ether oxygens (including phenoxy) is 1. The van der Waals surface area contributed by atoms with E-state index in [4.69, 9.17) is 27.9 Å². The van der Waals surface area contributed by atoms with Gasteiger partial charge in [-0.2, -0.15) is 5.10 Å². The van der Waals surface area contributed by atoms with Crippen LogP contribution in [0.3, 0.4) is 0 Å². The molecule has 4 rings (SSSR count). The summed E-state index contributed by atoms with van der Waals surface area (Å²) in [5.41, 5.74) is 3.22. The minimum Gasteiger partial charge on any atom is -0.495 e. The van der Waals surface area contributed by atoms with Crippen LogP contribution in [0.4, 0.5) is 0 Å². The van der Waals surface area contributed by atoms with Crippen LogP contribution in [0.1, 0.15) is 10.5 Å². The van der Waals surface area contributed by atoms with Crippen molar-refractivity contribution in [1.82, 2.24) is 14.6 Å². The topological polar surface area (TPSA) is 76.7 Å². The molecule has 0 bridgehead atoms. The Bertz CT molecular complexity index is 1200. The third-order valence-electron chi connectivity index (χ3n) is 4.23. The number of hydrogen-bond donors (Lipinski definition) is 1. The van der Waals surface area contributed by atoms with E-state index in [1.165, 1.54) is 17.7 Å². The Balaban J connectivity index is 1.99. The highest BCUT2D eigenvalue weighted by Crippen LogP contribution is 2.32. The second kappa shape index (κ2) is 7.14. The maximum absolute atomic E-state index is 11.4.